The average Bonchev–Trinajstić information content (AvgIpc) is 3.07. The first-order valence-corrected chi connectivity index (χ1v) is 8.00. The fourth-order valence-corrected chi connectivity index (χ4v) is 2.49. The molecule has 0 aliphatic carbocycles. The second kappa shape index (κ2) is 7.72. The van der Waals surface area contributed by atoms with Gasteiger partial charge in [-0.25, -0.2) is 4.79 Å². The first kappa shape index (κ1) is 16.9. The van der Waals surface area contributed by atoms with Gasteiger partial charge in [0, 0.05) is 17.3 Å². The molecule has 0 saturated carbocycles. The van der Waals surface area contributed by atoms with E-state index in [4.69, 9.17) is 16.3 Å². The van der Waals surface area contributed by atoms with Crippen molar-refractivity contribution < 1.29 is 9.53 Å². The molecule has 0 amide bonds. The Hall–Kier alpha value is -2.99. The van der Waals surface area contributed by atoms with Crippen LogP contribution in [-0.2, 0) is 11.3 Å². The van der Waals surface area contributed by atoms with Gasteiger partial charge in [0.15, 0.2) is 0 Å². The fraction of sp³-hybridized carbons (Fsp3) is 0.111. The van der Waals surface area contributed by atoms with Crippen LogP contribution in [0.5, 0.6) is 0 Å². The van der Waals surface area contributed by atoms with Crippen molar-refractivity contribution in [2.75, 3.05) is 17.7 Å². The van der Waals surface area contributed by atoms with Crippen LogP contribution in [0.15, 0.2) is 54.7 Å². The molecule has 1 aromatic heterocycles. The SMILES string of the molecule is COC(=O)c1ccc(CNc2[nH]ncc2Nc2cccc(Cl)c2)cc1. The van der Waals surface area contributed by atoms with Gasteiger partial charge in [0.05, 0.1) is 18.9 Å². The molecule has 6 nitrogen and oxygen atoms in total. The van der Waals surface area contributed by atoms with Crippen molar-refractivity contribution in [3.63, 3.8) is 0 Å². The zero-order valence-corrected chi connectivity index (χ0v) is 14.3. The van der Waals surface area contributed by atoms with Crippen molar-refractivity contribution in [2.24, 2.45) is 0 Å². The number of ether oxygens (including phenoxy) is 1. The summed E-state index contributed by atoms with van der Waals surface area (Å²) in [6.07, 6.45) is 1.70. The number of rotatable bonds is 6. The molecule has 0 aliphatic heterocycles. The van der Waals surface area contributed by atoms with Crippen LogP contribution < -0.4 is 10.6 Å². The molecule has 1 heterocycles. The second-order valence-corrected chi connectivity index (χ2v) is 5.77. The van der Waals surface area contributed by atoms with Gasteiger partial charge in [-0.3, -0.25) is 5.10 Å². The van der Waals surface area contributed by atoms with Gasteiger partial charge in [-0.1, -0.05) is 29.8 Å². The van der Waals surface area contributed by atoms with Crippen molar-refractivity contribution in [3.05, 3.63) is 70.9 Å². The maximum Gasteiger partial charge on any atom is 0.337 e. The maximum absolute atomic E-state index is 11.4. The van der Waals surface area contributed by atoms with Crippen molar-refractivity contribution in [2.45, 2.75) is 6.54 Å². The summed E-state index contributed by atoms with van der Waals surface area (Å²) in [4.78, 5) is 11.4. The minimum Gasteiger partial charge on any atom is -0.465 e. The Bertz CT molecular complexity index is 862. The van der Waals surface area contributed by atoms with E-state index in [0.29, 0.717) is 17.1 Å². The molecule has 3 aromatic rings. The van der Waals surface area contributed by atoms with Crippen LogP contribution in [0.4, 0.5) is 17.2 Å². The van der Waals surface area contributed by atoms with E-state index in [1.165, 1.54) is 7.11 Å². The maximum atomic E-state index is 11.4. The van der Waals surface area contributed by atoms with E-state index in [9.17, 15) is 4.79 Å². The van der Waals surface area contributed by atoms with Crippen LogP contribution in [0.25, 0.3) is 0 Å². The van der Waals surface area contributed by atoms with E-state index < -0.39 is 0 Å². The number of H-pyrrole nitrogens is 1. The molecule has 0 saturated heterocycles. The van der Waals surface area contributed by atoms with E-state index in [1.54, 1.807) is 18.3 Å². The van der Waals surface area contributed by atoms with Crippen molar-refractivity contribution in [1.29, 1.82) is 0 Å². The zero-order valence-electron chi connectivity index (χ0n) is 13.5. The van der Waals surface area contributed by atoms with Crippen molar-refractivity contribution in [3.8, 4) is 0 Å². The number of halogens is 1. The predicted molar refractivity (Wildman–Crippen MR) is 98.4 cm³/mol. The Balaban J connectivity index is 1.64. The highest BCUT2D eigenvalue weighted by atomic mass is 35.5. The van der Waals surface area contributed by atoms with Crippen LogP contribution in [-0.4, -0.2) is 23.3 Å². The molecule has 128 valence electrons. The number of nitrogens with one attached hydrogen (secondary N) is 3. The number of anilines is 3. The van der Waals surface area contributed by atoms with Crippen molar-refractivity contribution >= 4 is 34.8 Å². The van der Waals surface area contributed by atoms with E-state index in [-0.39, 0.29) is 5.97 Å². The molecule has 25 heavy (non-hydrogen) atoms. The van der Waals surface area contributed by atoms with Crippen LogP contribution in [0.2, 0.25) is 5.02 Å². The predicted octanol–water partition coefficient (Wildman–Crippen LogP) is 4.21. The summed E-state index contributed by atoms with van der Waals surface area (Å²) in [5.41, 5.74) is 3.24. The molecule has 3 rings (SSSR count). The number of carbonyl (C=O) groups is 1. The molecular formula is C18H17ClN4O2. The third kappa shape index (κ3) is 4.30. The summed E-state index contributed by atoms with van der Waals surface area (Å²) in [6, 6.07) is 14.7. The van der Waals surface area contributed by atoms with Crippen LogP contribution in [0, 0.1) is 0 Å². The number of nitrogens with zero attached hydrogens (tertiary/aromatic N) is 1. The Morgan fingerprint density at radius 1 is 1.24 bits per heavy atom. The summed E-state index contributed by atoms with van der Waals surface area (Å²) in [6.45, 7) is 0.577. The number of carbonyl (C=O) groups excluding carboxylic acids is 1. The number of benzene rings is 2. The van der Waals surface area contributed by atoms with Crippen LogP contribution in [0.3, 0.4) is 0 Å². The number of aromatic nitrogens is 2. The van der Waals surface area contributed by atoms with Gasteiger partial charge in [0.1, 0.15) is 11.5 Å². The van der Waals surface area contributed by atoms with E-state index in [2.05, 4.69) is 20.8 Å². The molecule has 0 radical (unpaired) electrons. The monoisotopic (exact) mass is 356 g/mol. The quantitative estimate of drug-likeness (QED) is 0.577. The molecule has 0 aliphatic rings. The molecule has 3 N–H and O–H groups in total. The Labute approximate surface area is 150 Å². The molecule has 0 unspecified atom stereocenters. The van der Waals surface area contributed by atoms with Gasteiger partial charge in [0.25, 0.3) is 0 Å². The lowest BCUT2D eigenvalue weighted by Crippen LogP contribution is -2.04. The van der Waals surface area contributed by atoms with Gasteiger partial charge in [0.2, 0.25) is 0 Å². The number of hydrogen-bond acceptors (Lipinski definition) is 5. The van der Waals surface area contributed by atoms with E-state index >= 15 is 0 Å². The first-order chi connectivity index (χ1) is 12.2. The molecule has 0 bridgehead atoms. The standard InChI is InChI=1S/C18H17ClN4O2/c1-25-18(24)13-7-5-12(6-8-13)10-20-17-16(11-21-23-17)22-15-4-2-3-14(19)9-15/h2-9,11,22H,10H2,1H3,(H2,20,21,23). The van der Waals surface area contributed by atoms with Gasteiger partial charge >= 0.3 is 5.97 Å². The highest BCUT2D eigenvalue weighted by molar-refractivity contribution is 6.30. The zero-order chi connectivity index (χ0) is 17.6. The van der Waals surface area contributed by atoms with Gasteiger partial charge in [-0.05, 0) is 35.9 Å². The van der Waals surface area contributed by atoms with Crippen molar-refractivity contribution in [1.82, 2.24) is 10.2 Å². The lowest BCUT2D eigenvalue weighted by molar-refractivity contribution is 0.0600. The van der Waals surface area contributed by atoms with Crippen LogP contribution >= 0.6 is 11.6 Å². The fourth-order valence-electron chi connectivity index (χ4n) is 2.30. The highest BCUT2D eigenvalue weighted by Gasteiger charge is 2.07. The van der Waals surface area contributed by atoms with E-state index in [0.717, 1.165) is 22.8 Å². The Morgan fingerprint density at radius 3 is 2.76 bits per heavy atom. The Kier molecular flexibility index (Phi) is 5.20. The summed E-state index contributed by atoms with van der Waals surface area (Å²) in [7, 11) is 1.37. The molecule has 7 heteroatoms. The average molecular weight is 357 g/mol. The molecule has 0 fully saturated rings. The number of esters is 1. The van der Waals surface area contributed by atoms with Gasteiger partial charge in [-0.2, -0.15) is 5.10 Å². The summed E-state index contributed by atoms with van der Waals surface area (Å²) < 4.78 is 4.69. The minimum atomic E-state index is -0.346. The molecule has 0 atom stereocenters. The summed E-state index contributed by atoms with van der Waals surface area (Å²) in [5.74, 6) is 0.415. The third-order valence-electron chi connectivity index (χ3n) is 3.59. The highest BCUT2D eigenvalue weighted by Crippen LogP contribution is 2.25. The summed E-state index contributed by atoms with van der Waals surface area (Å²) in [5, 5.41) is 14.2. The normalized spacial score (nSPS) is 10.3. The number of methoxy groups -OCH3 is 1. The number of aromatic amines is 1. The lowest BCUT2D eigenvalue weighted by atomic mass is 10.1. The molecule has 0 spiro atoms. The topological polar surface area (TPSA) is 79.0 Å². The summed E-state index contributed by atoms with van der Waals surface area (Å²) >= 11 is 6.00. The van der Waals surface area contributed by atoms with Crippen LogP contribution in [0.1, 0.15) is 15.9 Å². The first-order valence-electron chi connectivity index (χ1n) is 7.63. The molecular weight excluding hydrogens is 340 g/mol. The minimum absolute atomic E-state index is 0.346. The Morgan fingerprint density at radius 2 is 2.04 bits per heavy atom. The van der Waals surface area contributed by atoms with Gasteiger partial charge < -0.3 is 15.4 Å². The molecule has 2 aromatic carbocycles. The van der Waals surface area contributed by atoms with E-state index in [1.807, 2.05) is 36.4 Å². The number of hydrogen-bond donors (Lipinski definition) is 3. The second-order valence-electron chi connectivity index (χ2n) is 5.34. The lowest BCUT2D eigenvalue weighted by Gasteiger charge is -2.09. The van der Waals surface area contributed by atoms with Gasteiger partial charge in [-0.15, -0.1) is 0 Å². The smallest absolute Gasteiger partial charge is 0.337 e. The third-order valence-corrected chi connectivity index (χ3v) is 3.82. The largest absolute Gasteiger partial charge is 0.465 e.